The fourth-order valence-corrected chi connectivity index (χ4v) is 3.05. The van der Waals surface area contributed by atoms with Crippen LogP contribution in [0.4, 0.5) is 4.79 Å². The lowest BCUT2D eigenvalue weighted by atomic mass is 9.86. The number of carbonyl (C=O) groups is 2. The van der Waals surface area contributed by atoms with Gasteiger partial charge in [0.2, 0.25) is 0 Å². The minimum atomic E-state index is -0.746. The Morgan fingerprint density at radius 2 is 1.88 bits per heavy atom. The van der Waals surface area contributed by atoms with Gasteiger partial charge in [-0.2, -0.15) is 0 Å². The Morgan fingerprint density at radius 3 is 2.42 bits per heavy atom. The first kappa shape index (κ1) is 18.5. The Hall–Kier alpha value is -1.79. The van der Waals surface area contributed by atoms with Gasteiger partial charge >= 0.3 is 12.0 Å². The molecule has 0 radical (unpaired) electrons. The van der Waals surface area contributed by atoms with E-state index >= 15 is 0 Å². The van der Waals surface area contributed by atoms with Crippen LogP contribution < -0.4 is 10.6 Å². The van der Waals surface area contributed by atoms with E-state index in [-0.39, 0.29) is 24.1 Å². The van der Waals surface area contributed by atoms with Crippen molar-refractivity contribution in [3.05, 3.63) is 34.9 Å². The first-order chi connectivity index (χ1) is 11.5. The Bertz CT molecular complexity index is 556. The number of carbonyl (C=O) groups excluding carboxylic acids is 1. The van der Waals surface area contributed by atoms with Gasteiger partial charge in [-0.25, -0.2) is 4.79 Å². The molecule has 132 valence electrons. The molecule has 6 nitrogen and oxygen atoms in total. The van der Waals surface area contributed by atoms with Crippen LogP contribution in [0.1, 0.15) is 37.4 Å². The van der Waals surface area contributed by atoms with Gasteiger partial charge < -0.3 is 20.5 Å². The number of ether oxygens (including phenoxy) is 1. The molecule has 1 unspecified atom stereocenters. The summed E-state index contributed by atoms with van der Waals surface area (Å²) in [6.45, 7) is 0.342. The first-order valence-electron chi connectivity index (χ1n) is 8.05. The quantitative estimate of drug-likeness (QED) is 0.732. The lowest BCUT2D eigenvalue weighted by Gasteiger charge is -2.27. The summed E-state index contributed by atoms with van der Waals surface area (Å²) in [5.74, 6) is -1.03. The first-order valence-corrected chi connectivity index (χ1v) is 8.42. The summed E-state index contributed by atoms with van der Waals surface area (Å²) in [5, 5.41) is 15.3. The molecule has 0 heterocycles. The molecule has 2 amide bonds. The van der Waals surface area contributed by atoms with E-state index in [4.69, 9.17) is 21.4 Å². The van der Waals surface area contributed by atoms with Gasteiger partial charge in [-0.1, -0.05) is 23.7 Å². The Kier molecular flexibility index (Phi) is 6.87. The third-order valence-corrected chi connectivity index (χ3v) is 4.64. The van der Waals surface area contributed by atoms with Crippen molar-refractivity contribution in [3.63, 3.8) is 0 Å². The number of urea groups is 1. The Labute approximate surface area is 146 Å². The largest absolute Gasteiger partial charge is 0.481 e. The number of benzene rings is 1. The van der Waals surface area contributed by atoms with E-state index in [9.17, 15) is 9.59 Å². The summed E-state index contributed by atoms with van der Waals surface area (Å²) in [7, 11) is 1.59. The molecule has 0 bridgehead atoms. The average Bonchev–Trinajstić information content (AvgIpc) is 2.57. The summed E-state index contributed by atoms with van der Waals surface area (Å²) in [4.78, 5) is 22.9. The van der Waals surface area contributed by atoms with Crippen LogP contribution in [-0.2, 0) is 9.53 Å². The van der Waals surface area contributed by atoms with Gasteiger partial charge in [0.25, 0.3) is 0 Å². The van der Waals surface area contributed by atoms with Gasteiger partial charge in [-0.3, -0.25) is 4.79 Å². The number of aliphatic carboxylic acids is 1. The zero-order chi connectivity index (χ0) is 17.5. The zero-order valence-electron chi connectivity index (χ0n) is 13.6. The normalized spacial score (nSPS) is 21.8. The molecule has 0 aliphatic heterocycles. The van der Waals surface area contributed by atoms with E-state index in [1.165, 1.54) is 0 Å². The van der Waals surface area contributed by atoms with Crippen LogP contribution in [0.25, 0.3) is 0 Å². The second-order valence-electron chi connectivity index (χ2n) is 6.02. The van der Waals surface area contributed by atoms with Crippen molar-refractivity contribution in [2.45, 2.75) is 37.8 Å². The van der Waals surface area contributed by atoms with Crippen molar-refractivity contribution >= 4 is 23.6 Å². The highest BCUT2D eigenvalue weighted by Crippen LogP contribution is 2.24. The van der Waals surface area contributed by atoms with E-state index in [0.29, 0.717) is 37.3 Å². The molecule has 1 aromatic carbocycles. The molecule has 0 saturated heterocycles. The number of nitrogens with one attached hydrogen (secondary N) is 2. The average molecular weight is 355 g/mol. The molecule has 1 aromatic rings. The molecule has 0 aromatic heterocycles. The number of rotatable bonds is 6. The number of hydrogen-bond acceptors (Lipinski definition) is 3. The summed E-state index contributed by atoms with van der Waals surface area (Å²) in [5.41, 5.74) is 0.934. The molecule has 1 saturated carbocycles. The fraction of sp³-hybridized carbons (Fsp3) is 0.529. The van der Waals surface area contributed by atoms with Crippen LogP contribution in [0.2, 0.25) is 5.02 Å². The standard InChI is InChI=1S/C17H23ClN2O4/c1-24-15(11-2-6-13(18)7-3-11)10-19-17(23)20-14-8-4-12(5-9-14)16(21)22/h2-3,6-7,12,14-15H,4-5,8-10H2,1H3,(H,21,22)(H2,19,20,23). The number of carboxylic acids is 1. The van der Waals surface area contributed by atoms with Gasteiger partial charge in [0.05, 0.1) is 12.0 Å². The smallest absolute Gasteiger partial charge is 0.315 e. The van der Waals surface area contributed by atoms with Crippen molar-refractivity contribution in [1.29, 1.82) is 0 Å². The highest BCUT2D eigenvalue weighted by Gasteiger charge is 2.26. The number of carboxylic acid groups (broad SMARTS) is 1. The summed E-state index contributed by atoms with van der Waals surface area (Å²) >= 11 is 5.87. The number of amides is 2. The maximum Gasteiger partial charge on any atom is 0.315 e. The molecular formula is C17H23ClN2O4. The van der Waals surface area contributed by atoms with Crippen LogP contribution in [-0.4, -0.2) is 36.8 Å². The molecular weight excluding hydrogens is 332 g/mol. The maximum absolute atomic E-state index is 12.0. The van der Waals surface area contributed by atoms with Gasteiger partial charge in [-0.15, -0.1) is 0 Å². The predicted octanol–water partition coefficient (Wildman–Crippen LogP) is 2.97. The van der Waals surface area contributed by atoms with E-state index in [1.807, 2.05) is 12.1 Å². The molecule has 3 N–H and O–H groups in total. The number of halogens is 1. The van der Waals surface area contributed by atoms with Gasteiger partial charge in [0, 0.05) is 24.7 Å². The van der Waals surface area contributed by atoms with Crippen molar-refractivity contribution in [2.24, 2.45) is 5.92 Å². The maximum atomic E-state index is 12.0. The highest BCUT2D eigenvalue weighted by molar-refractivity contribution is 6.30. The minimum Gasteiger partial charge on any atom is -0.481 e. The van der Waals surface area contributed by atoms with Crippen molar-refractivity contribution < 1.29 is 19.4 Å². The third kappa shape index (κ3) is 5.39. The molecule has 1 aliphatic carbocycles. The van der Waals surface area contributed by atoms with E-state index in [0.717, 1.165) is 5.56 Å². The molecule has 0 spiro atoms. The monoisotopic (exact) mass is 354 g/mol. The topological polar surface area (TPSA) is 87.7 Å². The SMILES string of the molecule is COC(CNC(=O)NC1CCC(C(=O)O)CC1)c1ccc(Cl)cc1. The van der Waals surface area contributed by atoms with Crippen LogP contribution in [0.15, 0.2) is 24.3 Å². The Balaban J connectivity index is 1.76. The highest BCUT2D eigenvalue weighted by atomic mass is 35.5. The predicted molar refractivity (Wildman–Crippen MR) is 91.1 cm³/mol. The molecule has 7 heteroatoms. The summed E-state index contributed by atoms with van der Waals surface area (Å²) in [6.07, 6.45) is 2.33. The number of methoxy groups -OCH3 is 1. The van der Waals surface area contributed by atoms with E-state index < -0.39 is 5.97 Å². The van der Waals surface area contributed by atoms with Gasteiger partial charge in [0.1, 0.15) is 0 Å². The second kappa shape index (κ2) is 8.89. The lowest BCUT2D eigenvalue weighted by molar-refractivity contribution is -0.142. The summed E-state index contributed by atoms with van der Waals surface area (Å²) in [6, 6.07) is 7.06. The van der Waals surface area contributed by atoms with Crippen molar-refractivity contribution in [1.82, 2.24) is 10.6 Å². The van der Waals surface area contributed by atoms with Gasteiger partial charge in [-0.05, 0) is 43.4 Å². The van der Waals surface area contributed by atoms with E-state index in [2.05, 4.69) is 10.6 Å². The van der Waals surface area contributed by atoms with Crippen LogP contribution >= 0.6 is 11.6 Å². The molecule has 1 aliphatic rings. The zero-order valence-corrected chi connectivity index (χ0v) is 14.4. The fourth-order valence-electron chi connectivity index (χ4n) is 2.92. The van der Waals surface area contributed by atoms with E-state index in [1.54, 1.807) is 19.2 Å². The van der Waals surface area contributed by atoms with Crippen molar-refractivity contribution in [2.75, 3.05) is 13.7 Å². The van der Waals surface area contributed by atoms with Crippen LogP contribution in [0.5, 0.6) is 0 Å². The van der Waals surface area contributed by atoms with Crippen LogP contribution in [0.3, 0.4) is 0 Å². The van der Waals surface area contributed by atoms with Crippen molar-refractivity contribution in [3.8, 4) is 0 Å². The second-order valence-corrected chi connectivity index (χ2v) is 6.45. The lowest BCUT2D eigenvalue weighted by Crippen LogP contribution is -2.45. The van der Waals surface area contributed by atoms with Crippen LogP contribution in [0, 0.1) is 5.92 Å². The molecule has 1 fully saturated rings. The van der Waals surface area contributed by atoms with Gasteiger partial charge in [0.15, 0.2) is 0 Å². The molecule has 24 heavy (non-hydrogen) atoms. The minimum absolute atomic E-state index is 0.0251. The molecule has 2 rings (SSSR count). The molecule has 1 atom stereocenters. The number of hydrogen-bond donors (Lipinski definition) is 3. The Morgan fingerprint density at radius 1 is 1.25 bits per heavy atom. The third-order valence-electron chi connectivity index (χ3n) is 4.39. The summed E-state index contributed by atoms with van der Waals surface area (Å²) < 4.78 is 5.41.